The minimum Gasteiger partial charge on any atom is -0.383 e. The second kappa shape index (κ2) is 8.92. The highest BCUT2D eigenvalue weighted by Gasteiger charge is 1.97. The van der Waals surface area contributed by atoms with Crippen molar-refractivity contribution in [2.75, 3.05) is 31.8 Å². The van der Waals surface area contributed by atoms with E-state index in [4.69, 9.17) is 11.2 Å². The average molecular weight is 187 g/mol. The Hall–Kier alpha value is -0.170. The lowest BCUT2D eigenvalue weighted by Crippen LogP contribution is -2.31. The molecule has 1 atom stereocenters. The zero-order chi connectivity index (χ0) is 9.23. The Morgan fingerprint density at radius 1 is 1.67 bits per heavy atom. The van der Waals surface area contributed by atoms with Gasteiger partial charge in [0.1, 0.15) is 0 Å². The van der Waals surface area contributed by atoms with Crippen molar-refractivity contribution in [2.24, 2.45) is 0 Å². The molecule has 0 rings (SSSR count). The Balaban J connectivity index is 3.04. The monoisotopic (exact) mass is 187 g/mol. The molecular weight excluding hydrogens is 170 g/mol. The van der Waals surface area contributed by atoms with Crippen LogP contribution in [0.3, 0.4) is 0 Å². The van der Waals surface area contributed by atoms with E-state index in [1.54, 1.807) is 18.9 Å². The van der Waals surface area contributed by atoms with E-state index < -0.39 is 0 Å². The summed E-state index contributed by atoms with van der Waals surface area (Å²) in [5.41, 5.74) is 0. The molecule has 0 amide bonds. The summed E-state index contributed by atoms with van der Waals surface area (Å²) in [6, 6.07) is 0.432. The fourth-order valence-corrected chi connectivity index (χ4v) is 1.34. The van der Waals surface area contributed by atoms with Gasteiger partial charge >= 0.3 is 0 Å². The number of hydrogen-bond acceptors (Lipinski definition) is 3. The molecule has 1 unspecified atom stereocenters. The molecule has 0 aromatic heterocycles. The van der Waals surface area contributed by atoms with E-state index in [0.29, 0.717) is 6.04 Å². The number of methoxy groups -OCH3 is 1. The topological polar surface area (TPSA) is 21.3 Å². The van der Waals surface area contributed by atoms with Crippen LogP contribution in [0.15, 0.2) is 0 Å². The van der Waals surface area contributed by atoms with E-state index >= 15 is 0 Å². The molecule has 0 radical (unpaired) electrons. The molecule has 0 heterocycles. The van der Waals surface area contributed by atoms with Crippen LogP contribution in [-0.4, -0.2) is 37.8 Å². The first kappa shape index (κ1) is 11.8. The van der Waals surface area contributed by atoms with Crippen LogP contribution < -0.4 is 5.32 Å². The summed E-state index contributed by atoms with van der Waals surface area (Å²) in [5, 5.41) is 3.33. The summed E-state index contributed by atoms with van der Waals surface area (Å²) < 4.78 is 4.98. The second-order valence-electron chi connectivity index (χ2n) is 2.57. The first-order chi connectivity index (χ1) is 5.81. The van der Waals surface area contributed by atoms with Crippen molar-refractivity contribution in [3.05, 3.63) is 0 Å². The minimum absolute atomic E-state index is 0.432. The number of terminal acetylenes is 1. The van der Waals surface area contributed by atoms with Crippen LogP contribution in [0.5, 0.6) is 0 Å². The lowest BCUT2D eigenvalue weighted by atomic mass is 10.4. The first-order valence-corrected chi connectivity index (χ1v) is 5.20. The molecule has 12 heavy (non-hydrogen) atoms. The van der Waals surface area contributed by atoms with Gasteiger partial charge in [-0.15, -0.1) is 18.2 Å². The molecule has 2 nitrogen and oxygen atoms in total. The summed E-state index contributed by atoms with van der Waals surface area (Å²) in [7, 11) is 1.71. The van der Waals surface area contributed by atoms with E-state index in [1.165, 1.54) is 0 Å². The fourth-order valence-electron chi connectivity index (χ4n) is 0.818. The molecule has 0 saturated carbocycles. The van der Waals surface area contributed by atoms with Crippen molar-refractivity contribution in [2.45, 2.75) is 13.0 Å². The van der Waals surface area contributed by atoms with Crippen molar-refractivity contribution in [3.8, 4) is 12.3 Å². The zero-order valence-electron chi connectivity index (χ0n) is 7.80. The smallest absolute Gasteiger partial charge is 0.0613 e. The molecule has 0 aliphatic rings. The van der Waals surface area contributed by atoms with Crippen LogP contribution in [0, 0.1) is 12.3 Å². The third-order valence-corrected chi connectivity index (χ3v) is 2.20. The zero-order valence-corrected chi connectivity index (χ0v) is 8.62. The van der Waals surface area contributed by atoms with Gasteiger partial charge in [-0.1, -0.05) is 5.92 Å². The highest BCUT2D eigenvalue weighted by atomic mass is 32.2. The van der Waals surface area contributed by atoms with Crippen LogP contribution in [0.25, 0.3) is 0 Å². The summed E-state index contributed by atoms with van der Waals surface area (Å²) >= 11 is 1.77. The molecule has 0 aliphatic carbocycles. The van der Waals surface area contributed by atoms with Gasteiger partial charge in [0.05, 0.1) is 12.4 Å². The van der Waals surface area contributed by atoms with Crippen LogP contribution >= 0.6 is 11.8 Å². The van der Waals surface area contributed by atoms with Gasteiger partial charge in [-0.2, -0.15) is 0 Å². The van der Waals surface area contributed by atoms with Crippen LogP contribution in [0.4, 0.5) is 0 Å². The Kier molecular flexibility index (Phi) is 8.80. The lowest BCUT2D eigenvalue weighted by Gasteiger charge is -2.11. The second-order valence-corrected chi connectivity index (χ2v) is 3.67. The van der Waals surface area contributed by atoms with Gasteiger partial charge in [0, 0.05) is 25.4 Å². The fraction of sp³-hybridized carbons (Fsp3) is 0.778. The molecule has 1 N–H and O–H groups in total. The molecule has 0 saturated heterocycles. The van der Waals surface area contributed by atoms with E-state index in [0.717, 1.165) is 24.7 Å². The number of nitrogens with one attached hydrogen (secondary N) is 1. The Morgan fingerprint density at radius 2 is 2.42 bits per heavy atom. The minimum atomic E-state index is 0.432. The van der Waals surface area contributed by atoms with Gasteiger partial charge in [0.25, 0.3) is 0 Å². The Bertz CT molecular complexity index is 133. The van der Waals surface area contributed by atoms with E-state index in [-0.39, 0.29) is 0 Å². The number of hydrogen-bond donors (Lipinski definition) is 1. The molecule has 3 heteroatoms. The summed E-state index contributed by atoms with van der Waals surface area (Å²) in [5.74, 6) is 4.47. The van der Waals surface area contributed by atoms with Gasteiger partial charge in [-0.3, -0.25) is 0 Å². The van der Waals surface area contributed by atoms with Crippen molar-refractivity contribution >= 4 is 11.8 Å². The maximum absolute atomic E-state index is 5.11. The number of ether oxygens (including phenoxy) is 1. The molecule has 70 valence electrons. The van der Waals surface area contributed by atoms with Gasteiger partial charge in [-0.25, -0.2) is 0 Å². The molecular formula is C9H17NOS. The lowest BCUT2D eigenvalue weighted by molar-refractivity contribution is 0.173. The van der Waals surface area contributed by atoms with Crippen molar-refractivity contribution in [3.63, 3.8) is 0 Å². The number of thioether (sulfide) groups is 1. The van der Waals surface area contributed by atoms with Crippen molar-refractivity contribution in [1.29, 1.82) is 0 Å². The van der Waals surface area contributed by atoms with Crippen LogP contribution in [0.2, 0.25) is 0 Å². The largest absolute Gasteiger partial charge is 0.383 e. The first-order valence-electron chi connectivity index (χ1n) is 4.04. The maximum Gasteiger partial charge on any atom is 0.0613 e. The van der Waals surface area contributed by atoms with Gasteiger partial charge in [0.2, 0.25) is 0 Å². The average Bonchev–Trinajstić information content (AvgIpc) is 2.05. The molecule has 0 bridgehead atoms. The standard InChI is InChI=1S/C9H17NOS/c1-4-6-12-7-5-10-9(2)8-11-3/h1,9-10H,5-8H2,2-3H3. The predicted octanol–water partition coefficient (Wildman–Crippen LogP) is 0.977. The molecule has 0 aromatic carbocycles. The van der Waals surface area contributed by atoms with E-state index in [1.807, 2.05) is 0 Å². The maximum atomic E-state index is 5.11. The molecule has 0 spiro atoms. The third kappa shape index (κ3) is 7.93. The molecule has 0 fully saturated rings. The van der Waals surface area contributed by atoms with Gasteiger partial charge in [-0.05, 0) is 6.92 Å². The number of rotatable bonds is 7. The van der Waals surface area contributed by atoms with Gasteiger partial charge in [0.15, 0.2) is 0 Å². The van der Waals surface area contributed by atoms with Crippen molar-refractivity contribution in [1.82, 2.24) is 5.32 Å². The Labute approximate surface area is 79.4 Å². The molecule has 0 aromatic rings. The summed E-state index contributed by atoms with van der Waals surface area (Å²) in [4.78, 5) is 0. The SMILES string of the molecule is C#CCSCCNC(C)COC. The predicted molar refractivity (Wildman–Crippen MR) is 55.5 cm³/mol. The Morgan fingerprint density at radius 3 is 3.00 bits per heavy atom. The van der Waals surface area contributed by atoms with Gasteiger partial charge < -0.3 is 10.1 Å². The van der Waals surface area contributed by atoms with Crippen LogP contribution in [-0.2, 0) is 4.74 Å². The molecule has 0 aliphatic heterocycles. The normalized spacial score (nSPS) is 12.4. The summed E-state index contributed by atoms with van der Waals surface area (Å²) in [6.45, 7) is 3.87. The van der Waals surface area contributed by atoms with Crippen LogP contribution in [0.1, 0.15) is 6.92 Å². The van der Waals surface area contributed by atoms with E-state index in [2.05, 4.69) is 18.2 Å². The van der Waals surface area contributed by atoms with Crippen molar-refractivity contribution < 1.29 is 4.74 Å². The highest BCUT2D eigenvalue weighted by Crippen LogP contribution is 1.95. The third-order valence-electron chi connectivity index (χ3n) is 1.34. The highest BCUT2D eigenvalue weighted by molar-refractivity contribution is 7.99. The summed E-state index contributed by atoms with van der Waals surface area (Å²) in [6.07, 6.45) is 5.11. The van der Waals surface area contributed by atoms with E-state index in [9.17, 15) is 0 Å². The quantitative estimate of drug-likeness (QED) is 0.474.